The molecule has 0 bridgehead atoms. The van der Waals surface area contributed by atoms with Crippen molar-refractivity contribution in [2.45, 2.75) is 18.5 Å². The summed E-state index contributed by atoms with van der Waals surface area (Å²) in [5.74, 6) is -0.278. The van der Waals surface area contributed by atoms with Crippen molar-refractivity contribution in [1.82, 2.24) is 4.98 Å². The van der Waals surface area contributed by atoms with E-state index in [4.69, 9.17) is 11.6 Å². The van der Waals surface area contributed by atoms with Crippen molar-refractivity contribution >= 4 is 11.6 Å². The minimum Gasteiger partial charge on any atom is -0.448 e. The molecular formula is C6H5ClF3NO. The maximum Gasteiger partial charge on any atom is 0.396 e. The molecule has 6 heteroatoms. The lowest BCUT2D eigenvalue weighted by atomic mass is 10.3. The van der Waals surface area contributed by atoms with Crippen LogP contribution in [0.4, 0.5) is 13.2 Å². The van der Waals surface area contributed by atoms with Crippen LogP contribution in [0.3, 0.4) is 0 Å². The van der Waals surface area contributed by atoms with Crippen molar-refractivity contribution in [1.29, 1.82) is 0 Å². The summed E-state index contributed by atoms with van der Waals surface area (Å²) >= 11 is 5.31. The number of oxazole rings is 1. The van der Waals surface area contributed by atoms with Gasteiger partial charge in [-0.05, 0) is 0 Å². The summed E-state index contributed by atoms with van der Waals surface area (Å²) in [4.78, 5) is 3.52. The van der Waals surface area contributed by atoms with E-state index in [1.165, 1.54) is 0 Å². The number of rotatable bonds is 2. The van der Waals surface area contributed by atoms with Gasteiger partial charge in [0.25, 0.3) is 0 Å². The third kappa shape index (κ3) is 2.41. The Kier molecular flexibility index (Phi) is 2.62. The third-order valence-corrected chi connectivity index (χ3v) is 1.47. The minimum atomic E-state index is -4.28. The second kappa shape index (κ2) is 3.35. The van der Waals surface area contributed by atoms with Crippen LogP contribution >= 0.6 is 11.6 Å². The van der Waals surface area contributed by atoms with Gasteiger partial charge in [0.15, 0.2) is 6.39 Å². The number of nitrogens with zero attached hydrogens (tertiary/aromatic N) is 1. The second-order valence-electron chi connectivity index (χ2n) is 2.15. The highest BCUT2D eigenvalue weighted by atomic mass is 35.5. The number of hydrogen-bond donors (Lipinski definition) is 0. The zero-order chi connectivity index (χ0) is 9.19. The smallest absolute Gasteiger partial charge is 0.396 e. The number of alkyl halides is 4. The van der Waals surface area contributed by atoms with E-state index in [2.05, 4.69) is 9.40 Å². The molecule has 68 valence electrons. The molecule has 1 aromatic rings. The predicted octanol–water partition coefficient (Wildman–Crippen LogP) is 2.52. The summed E-state index contributed by atoms with van der Waals surface area (Å²) in [6.07, 6.45) is -4.44. The van der Waals surface area contributed by atoms with E-state index < -0.39 is 12.6 Å². The highest BCUT2D eigenvalue weighted by Gasteiger charge is 2.30. The highest BCUT2D eigenvalue weighted by molar-refractivity contribution is 6.16. The Morgan fingerprint density at radius 2 is 2.17 bits per heavy atom. The van der Waals surface area contributed by atoms with Crippen molar-refractivity contribution < 1.29 is 17.6 Å². The lowest BCUT2D eigenvalue weighted by Crippen LogP contribution is -2.12. The Hall–Kier alpha value is -0.710. The van der Waals surface area contributed by atoms with Gasteiger partial charge in [-0.2, -0.15) is 13.2 Å². The average Bonchev–Trinajstić information content (AvgIpc) is 2.31. The molecule has 0 fully saturated rings. The zero-order valence-corrected chi connectivity index (χ0v) is 6.61. The molecule has 0 atom stereocenters. The van der Waals surface area contributed by atoms with Gasteiger partial charge in [-0.25, -0.2) is 4.98 Å². The quantitative estimate of drug-likeness (QED) is 0.684. The molecule has 12 heavy (non-hydrogen) atoms. The molecule has 0 aromatic carbocycles. The van der Waals surface area contributed by atoms with Crippen LogP contribution in [0.2, 0.25) is 0 Å². The Bertz CT molecular complexity index is 258. The van der Waals surface area contributed by atoms with Crippen molar-refractivity contribution in [2.75, 3.05) is 0 Å². The molecule has 2 nitrogen and oxygen atoms in total. The Labute approximate surface area is 71.3 Å². The SMILES string of the molecule is FC(F)(F)Cc1ocnc1CCl. The van der Waals surface area contributed by atoms with Crippen LogP contribution in [-0.4, -0.2) is 11.2 Å². The largest absolute Gasteiger partial charge is 0.448 e. The van der Waals surface area contributed by atoms with Crippen molar-refractivity contribution in [3.05, 3.63) is 17.8 Å². The molecular weight excluding hydrogens is 195 g/mol. The summed E-state index contributed by atoms with van der Waals surface area (Å²) in [6, 6.07) is 0. The second-order valence-corrected chi connectivity index (χ2v) is 2.42. The van der Waals surface area contributed by atoms with Crippen molar-refractivity contribution in [3.63, 3.8) is 0 Å². The van der Waals surface area contributed by atoms with Gasteiger partial charge in [0.1, 0.15) is 12.2 Å². The summed E-state index contributed by atoms with van der Waals surface area (Å²) in [5, 5.41) is 0. The Morgan fingerprint density at radius 1 is 1.50 bits per heavy atom. The normalized spacial score (nSPS) is 12.0. The van der Waals surface area contributed by atoms with Crippen molar-refractivity contribution in [3.8, 4) is 0 Å². The fourth-order valence-electron chi connectivity index (χ4n) is 0.728. The Balaban J connectivity index is 2.75. The first kappa shape index (κ1) is 9.38. The zero-order valence-electron chi connectivity index (χ0n) is 5.86. The highest BCUT2D eigenvalue weighted by Crippen LogP contribution is 2.23. The van der Waals surface area contributed by atoms with Crippen LogP contribution in [0.5, 0.6) is 0 Å². The van der Waals surface area contributed by atoms with Crippen LogP contribution in [0, 0.1) is 0 Å². The van der Waals surface area contributed by atoms with Crippen molar-refractivity contribution in [2.24, 2.45) is 0 Å². The van der Waals surface area contributed by atoms with Gasteiger partial charge < -0.3 is 4.42 Å². The van der Waals surface area contributed by atoms with E-state index in [-0.39, 0.29) is 17.3 Å². The number of hydrogen-bond acceptors (Lipinski definition) is 2. The van der Waals surface area contributed by atoms with Gasteiger partial charge in [0.05, 0.1) is 11.6 Å². The molecule has 0 unspecified atom stereocenters. The van der Waals surface area contributed by atoms with E-state index in [1.54, 1.807) is 0 Å². The van der Waals surface area contributed by atoms with Gasteiger partial charge in [-0.1, -0.05) is 0 Å². The van der Waals surface area contributed by atoms with Gasteiger partial charge in [-0.3, -0.25) is 0 Å². The minimum absolute atomic E-state index is 0.0675. The molecule has 0 saturated carbocycles. The van der Waals surface area contributed by atoms with E-state index in [0.29, 0.717) is 0 Å². The standard InChI is InChI=1S/C6H5ClF3NO/c7-2-4-5(12-3-11-4)1-6(8,9)10/h3H,1-2H2. The molecule has 1 rings (SSSR count). The van der Waals surface area contributed by atoms with E-state index in [1.807, 2.05) is 0 Å². The van der Waals surface area contributed by atoms with Gasteiger partial charge in [-0.15, -0.1) is 11.6 Å². The molecule has 0 amide bonds. The topological polar surface area (TPSA) is 26.0 Å². The monoisotopic (exact) mass is 199 g/mol. The molecule has 0 radical (unpaired) electrons. The van der Waals surface area contributed by atoms with Crippen LogP contribution in [0.1, 0.15) is 11.5 Å². The lowest BCUT2D eigenvalue weighted by Gasteiger charge is -2.02. The fraction of sp³-hybridized carbons (Fsp3) is 0.500. The summed E-state index contributed by atoms with van der Waals surface area (Å²) in [6.45, 7) is 0. The molecule has 0 saturated heterocycles. The fourth-order valence-corrected chi connectivity index (χ4v) is 0.946. The molecule has 0 aliphatic rings. The van der Waals surface area contributed by atoms with Crippen LogP contribution < -0.4 is 0 Å². The van der Waals surface area contributed by atoms with Gasteiger partial charge in [0, 0.05) is 0 Å². The van der Waals surface area contributed by atoms with E-state index in [9.17, 15) is 13.2 Å². The molecule has 1 heterocycles. The summed E-state index contributed by atoms with van der Waals surface area (Å²) < 4.78 is 39.9. The summed E-state index contributed by atoms with van der Waals surface area (Å²) in [5.41, 5.74) is 0.147. The van der Waals surface area contributed by atoms with Gasteiger partial charge >= 0.3 is 6.18 Å². The first-order chi connectivity index (χ1) is 5.53. The van der Waals surface area contributed by atoms with Crippen LogP contribution in [0.15, 0.2) is 10.8 Å². The third-order valence-electron chi connectivity index (χ3n) is 1.21. The molecule has 0 aliphatic heterocycles. The van der Waals surface area contributed by atoms with Crippen LogP contribution in [-0.2, 0) is 12.3 Å². The van der Waals surface area contributed by atoms with Crippen LogP contribution in [0.25, 0.3) is 0 Å². The Morgan fingerprint density at radius 3 is 2.67 bits per heavy atom. The summed E-state index contributed by atoms with van der Waals surface area (Å²) in [7, 11) is 0. The first-order valence-electron chi connectivity index (χ1n) is 3.07. The lowest BCUT2D eigenvalue weighted by molar-refractivity contribution is -0.130. The van der Waals surface area contributed by atoms with Gasteiger partial charge in [0.2, 0.25) is 0 Å². The van der Waals surface area contributed by atoms with E-state index in [0.717, 1.165) is 6.39 Å². The molecule has 1 aromatic heterocycles. The average molecular weight is 200 g/mol. The first-order valence-corrected chi connectivity index (χ1v) is 3.60. The maximum absolute atomic E-state index is 11.8. The predicted molar refractivity (Wildman–Crippen MR) is 35.8 cm³/mol. The molecule has 0 aliphatic carbocycles. The molecule has 0 N–H and O–H groups in total. The molecule has 0 spiro atoms. The number of halogens is 4. The van der Waals surface area contributed by atoms with E-state index >= 15 is 0 Å². The maximum atomic E-state index is 11.8. The number of aromatic nitrogens is 1.